The number of fused-ring (bicyclic) bond motifs is 1. The topological polar surface area (TPSA) is 46.5 Å². The first-order valence-corrected chi connectivity index (χ1v) is 9.77. The van der Waals surface area contributed by atoms with Crippen molar-refractivity contribution in [2.75, 3.05) is 6.61 Å². The number of hydrogen-bond acceptors (Lipinski definition) is 3. The van der Waals surface area contributed by atoms with Crippen molar-refractivity contribution in [3.05, 3.63) is 23.3 Å². The molecule has 0 heterocycles. The number of aliphatic hydroxyl groups is 1. The third-order valence-corrected chi connectivity index (χ3v) is 6.90. The molecule has 0 aliphatic heterocycles. The highest BCUT2D eigenvalue weighted by Crippen LogP contribution is 2.58. The van der Waals surface area contributed by atoms with Gasteiger partial charge in [0, 0.05) is 18.8 Å². The standard InChI is InChI=1S/C22H36O3/c1-15(11-13-23)14-20(25-17(3)24)22(6)16(2)9-10-18-19(22)8-7-12-21(18,4)5/h10-11,16,19-20,23H,7-9,12-14H2,1-6H3/b15-11+/t16-,19+,20-,22+/m1/s1. The number of carbonyl (C=O) groups excluding carboxylic acids is 1. The average molecular weight is 349 g/mol. The highest BCUT2D eigenvalue weighted by molar-refractivity contribution is 5.66. The molecule has 0 aromatic heterocycles. The van der Waals surface area contributed by atoms with Crippen LogP contribution in [0.2, 0.25) is 0 Å². The van der Waals surface area contributed by atoms with E-state index in [1.54, 1.807) is 5.57 Å². The Morgan fingerprint density at radius 3 is 2.68 bits per heavy atom. The van der Waals surface area contributed by atoms with Crippen LogP contribution in [0.15, 0.2) is 23.3 Å². The summed E-state index contributed by atoms with van der Waals surface area (Å²) in [5.74, 6) is 0.717. The Labute approximate surface area is 153 Å². The molecule has 0 saturated heterocycles. The number of rotatable bonds is 5. The predicted molar refractivity (Wildman–Crippen MR) is 102 cm³/mol. The molecule has 0 bridgehead atoms. The van der Waals surface area contributed by atoms with Gasteiger partial charge in [0.05, 0.1) is 6.61 Å². The maximum absolute atomic E-state index is 11.9. The van der Waals surface area contributed by atoms with E-state index in [1.807, 2.05) is 13.0 Å². The molecule has 0 radical (unpaired) electrons. The van der Waals surface area contributed by atoms with Gasteiger partial charge in [0.1, 0.15) is 6.10 Å². The van der Waals surface area contributed by atoms with E-state index in [2.05, 4.69) is 33.8 Å². The van der Waals surface area contributed by atoms with Crippen LogP contribution in [0.3, 0.4) is 0 Å². The Bertz CT molecular complexity index is 558. The minimum absolute atomic E-state index is 0.0342. The first kappa shape index (κ1) is 20.2. The summed E-state index contributed by atoms with van der Waals surface area (Å²) in [5.41, 5.74) is 2.83. The van der Waals surface area contributed by atoms with Gasteiger partial charge >= 0.3 is 5.97 Å². The van der Waals surface area contributed by atoms with Gasteiger partial charge in [0.25, 0.3) is 0 Å². The van der Waals surface area contributed by atoms with Crippen LogP contribution in [0.25, 0.3) is 0 Å². The Morgan fingerprint density at radius 2 is 2.08 bits per heavy atom. The molecule has 0 aromatic carbocycles. The van der Waals surface area contributed by atoms with Gasteiger partial charge in [-0.1, -0.05) is 57.4 Å². The van der Waals surface area contributed by atoms with Crippen LogP contribution < -0.4 is 0 Å². The summed E-state index contributed by atoms with van der Waals surface area (Å²) in [4.78, 5) is 11.9. The average Bonchev–Trinajstić information content (AvgIpc) is 2.50. The molecule has 4 atom stereocenters. The Morgan fingerprint density at radius 1 is 1.40 bits per heavy atom. The van der Waals surface area contributed by atoms with E-state index in [-0.39, 0.29) is 29.5 Å². The second-order valence-corrected chi connectivity index (χ2v) is 9.03. The molecule has 0 aromatic rings. The van der Waals surface area contributed by atoms with Gasteiger partial charge in [-0.3, -0.25) is 4.79 Å². The summed E-state index contributed by atoms with van der Waals surface area (Å²) < 4.78 is 5.91. The lowest BCUT2D eigenvalue weighted by molar-refractivity contribution is -0.160. The van der Waals surface area contributed by atoms with Crippen LogP contribution in [-0.2, 0) is 9.53 Å². The third-order valence-electron chi connectivity index (χ3n) is 6.90. The molecule has 3 nitrogen and oxygen atoms in total. The molecule has 1 saturated carbocycles. The van der Waals surface area contributed by atoms with Crippen LogP contribution in [0, 0.1) is 22.7 Å². The molecule has 0 amide bonds. The van der Waals surface area contributed by atoms with Crippen molar-refractivity contribution in [2.45, 2.75) is 79.8 Å². The van der Waals surface area contributed by atoms with Gasteiger partial charge in [-0.15, -0.1) is 0 Å². The molecule has 1 N–H and O–H groups in total. The molecule has 2 aliphatic rings. The fourth-order valence-corrected chi connectivity index (χ4v) is 5.15. The normalized spacial score (nSPS) is 33.2. The zero-order chi connectivity index (χ0) is 18.8. The highest BCUT2D eigenvalue weighted by Gasteiger charge is 2.53. The molecule has 3 heteroatoms. The third kappa shape index (κ3) is 4.02. The van der Waals surface area contributed by atoms with Crippen molar-refractivity contribution in [3.63, 3.8) is 0 Å². The van der Waals surface area contributed by atoms with E-state index in [4.69, 9.17) is 4.74 Å². The van der Waals surface area contributed by atoms with Crippen molar-refractivity contribution in [1.82, 2.24) is 0 Å². The van der Waals surface area contributed by atoms with E-state index < -0.39 is 0 Å². The van der Waals surface area contributed by atoms with Gasteiger partial charge < -0.3 is 9.84 Å². The number of allylic oxidation sites excluding steroid dienone is 2. The van der Waals surface area contributed by atoms with Crippen molar-refractivity contribution >= 4 is 5.97 Å². The Kier molecular flexibility index (Phi) is 6.19. The van der Waals surface area contributed by atoms with Crippen LogP contribution in [0.4, 0.5) is 0 Å². The van der Waals surface area contributed by atoms with E-state index in [0.29, 0.717) is 18.3 Å². The lowest BCUT2D eigenvalue weighted by atomic mass is 9.51. The Hall–Kier alpha value is -1.09. The van der Waals surface area contributed by atoms with Crippen LogP contribution in [0.1, 0.15) is 73.6 Å². The summed E-state index contributed by atoms with van der Waals surface area (Å²) in [6.07, 6.45) is 9.54. The summed E-state index contributed by atoms with van der Waals surface area (Å²) in [6.45, 7) is 12.9. The summed E-state index contributed by atoms with van der Waals surface area (Å²) in [5, 5.41) is 9.22. The maximum atomic E-state index is 11.9. The molecule has 1 fully saturated rings. The summed E-state index contributed by atoms with van der Waals surface area (Å²) >= 11 is 0. The zero-order valence-electron chi connectivity index (χ0n) is 16.9. The lowest BCUT2D eigenvalue weighted by Gasteiger charge is -2.55. The largest absolute Gasteiger partial charge is 0.462 e. The van der Waals surface area contributed by atoms with Crippen molar-refractivity contribution in [3.8, 4) is 0 Å². The maximum Gasteiger partial charge on any atom is 0.302 e. The second-order valence-electron chi connectivity index (χ2n) is 9.03. The van der Waals surface area contributed by atoms with Crippen molar-refractivity contribution in [2.24, 2.45) is 22.7 Å². The fraction of sp³-hybridized carbons (Fsp3) is 0.773. The minimum atomic E-state index is -0.207. The lowest BCUT2D eigenvalue weighted by Crippen LogP contribution is -2.51. The predicted octanol–water partition coefficient (Wildman–Crippen LogP) is 5.05. The minimum Gasteiger partial charge on any atom is -0.462 e. The van der Waals surface area contributed by atoms with Gasteiger partial charge in [-0.2, -0.15) is 0 Å². The molecule has 0 spiro atoms. The van der Waals surface area contributed by atoms with Crippen LogP contribution in [0.5, 0.6) is 0 Å². The molecule has 142 valence electrons. The summed E-state index contributed by atoms with van der Waals surface area (Å²) in [7, 11) is 0. The fourth-order valence-electron chi connectivity index (χ4n) is 5.15. The monoisotopic (exact) mass is 348 g/mol. The van der Waals surface area contributed by atoms with Gasteiger partial charge in [0.15, 0.2) is 0 Å². The number of esters is 1. The molecule has 0 unspecified atom stereocenters. The van der Waals surface area contributed by atoms with E-state index >= 15 is 0 Å². The van der Waals surface area contributed by atoms with Gasteiger partial charge in [-0.05, 0) is 43.4 Å². The quantitative estimate of drug-likeness (QED) is 0.559. The number of hydrogen-bond donors (Lipinski definition) is 1. The number of carbonyl (C=O) groups is 1. The van der Waals surface area contributed by atoms with Crippen LogP contribution >= 0.6 is 0 Å². The zero-order valence-corrected chi connectivity index (χ0v) is 16.9. The van der Waals surface area contributed by atoms with E-state index in [0.717, 1.165) is 12.0 Å². The van der Waals surface area contributed by atoms with Gasteiger partial charge in [-0.25, -0.2) is 0 Å². The first-order valence-electron chi connectivity index (χ1n) is 9.77. The van der Waals surface area contributed by atoms with Crippen molar-refractivity contribution in [1.29, 1.82) is 0 Å². The summed E-state index contributed by atoms with van der Waals surface area (Å²) in [6, 6.07) is 0. The molecule has 2 aliphatic carbocycles. The molecular weight excluding hydrogens is 312 g/mol. The highest BCUT2D eigenvalue weighted by atomic mass is 16.5. The molecule has 25 heavy (non-hydrogen) atoms. The Balaban J connectivity index is 2.43. The van der Waals surface area contributed by atoms with E-state index in [9.17, 15) is 9.90 Å². The number of ether oxygens (including phenoxy) is 1. The smallest absolute Gasteiger partial charge is 0.302 e. The second kappa shape index (κ2) is 7.65. The van der Waals surface area contributed by atoms with Gasteiger partial charge in [0.2, 0.25) is 0 Å². The molecular formula is C22H36O3. The van der Waals surface area contributed by atoms with Crippen molar-refractivity contribution < 1.29 is 14.6 Å². The first-order chi connectivity index (χ1) is 11.6. The van der Waals surface area contributed by atoms with Crippen LogP contribution in [-0.4, -0.2) is 23.8 Å². The SMILES string of the molecule is CC(=O)O[C@H](C/C(C)=C/CO)[C@@]1(C)[C@H](C)CC=C2[C@@H]1CCCC2(C)C. The number of aliphatic hydroxyl groups excluding tert-OH is 1. The molecule has 2 rings (SSSR count). The van der Waals surface area contributed by atoms with E-state index in [1.165, 1.54) is 26.2 Å².